The van der Waals surface area contributed by atoms with Gasteiger partial charge in [0.2, 0.25) is 11.7 Å². The fourth-order valence-corrected chi connectivity index (χ4v) is 3.63. The van der Waals surface area contributed by atoms with Crippen molar-refractivity contribution >= 4 is 34.4 Å². The lowest BCUT2D eigenvalue weighted by molar-refractivity contribution is -0.116. The van der Waals surface area contributed by atoms with Crippen LogP contribution < -0.4 is 10.1 Å². The third kappa shape index (κ3) is 2.15. The predicted octanol–water partition coefficient (Wildman–Crippen LogP) is 2.59. The van der Waals surface area contributed by atoms with Crippen LogP contribution in [0.4, 0.5) is 5.69 Å². The Bertz CT molecular complexity index is 969. The number of benzene rings is 2. The number of rotatable bonds is 2. The monoisotopic (exact) mass is 343 g/mol. The van der Waals surface area contributed by atoms with E-state index in [9.17, 15) is 15.0 Å². The molecule has 3 aromatic rings. The van der Waals surface area contributed by atoms with Gasteiger partial charge in [-0.1, -0.05) is 0 Å². The number of amides is 1. The van der Waals surface area contributed by atoms with Crippen LogP contribution in [0, 0.1) is 0 Å². The number of anilines is 1. The smallest absolute Gasteiger partial charge is 0.225 e. The van der Waals surface area contributed by atoms with Crippen molar-refractivity contribution < 1.29 is 19.7 Å². The van der Waals surface area contributed by atoms with Crippen LogP contribution >= 0.6 is 11.7 Å². The molecule has 2 aromatic carbocycles. The number of hydrogen-bond acceptors (Lipinski definition) is 7. The molecule has 0 saturated carbocycles. The second kappa shape index (κ2) is 5.34. The molecule has 1 aromatic heterocycles. The Balaban J connectivity index is 1.96. The molecule has 0 spiro atoms. The van der Waals surface area contributed by atoms with Gasteiger partial charge in [-0.3, -0.25) is 4.79 Å². The lowest BCUT2D eigenvalue weighted by Gasteiger charge is -2.26. The Morgan fingerprint density at radius 2 is 2.12 bits per heavy atom. The number of aromatic hydroxyl groups is 2. The van der Waals surface area contributed by atoms with Crippen molar-refractivity contribution in [2.45, 2.75) is 12.3 Å². The molecule has 0 fully saturated rings. The van der Waals surface area contributed by atoms with Crippen molar-refractivity contribution in [2.24, 2.45) is 0 Å². The van der Waals surface area contributed by atoms with Crippen LogP contribution in [0.5, 0.6) is 17.2 Å². The molecular formula is C16H13N3O4S. The van der Waals surface area contributed by atoms with Crippen LogP contribution in [-0.4, -0.2) is 32.0 Å². The number of hydrogen-bond donors (Lipinski definition) is 3. The highest BCUT2D eigenvalue weighted by molar-refractivity contribution is 7.00. The summed E-state index contributed by atoms with van der Waals surface area (Å²) in [7, 11) is 1.41. The molecule has 122 valence electrons. The Labute approximate surface area is 140 Å². The van der Waals surface area contributed by atoms with Crippen LogP contribution in [0.2, 0.25) is 0 Å². The highest BCUT2D eigenvalue weighted by Gasteiger charge is 2.30. The van der Waals surface area contributed by atoms with Gasteiger partial charge in [0.1, 0.15) is 11.0 Å². The Morgan fingerprint density at radius 3 is 2.92 bits per heavy atom. The average molecular weight is 343 g/mol. The zero-order chi connectivity index (χ0) is 16.8. The van der Waals surface area contributed by atoms with E-state index in [2.05, 4.69) is 14.1 Å². The lowest BCUT2D eigenvalue weighted by Crippen LogP contribution is -2.23. The van der Waals surface area contributed by atoms with Gasteiger partial charge in [-0.15, -0.1) is 0 Å². The molecule has 3 N–H and O–H groups in total. The zero-order valence-corrected chi connectivity index (χ0v) is 13.4. The van der Waals surface area contributed by atoms with Gasteiger partial charge in [-0.05, 0) is 29.8 Å². The van der Waals surface area contributed by atoms with E-state index in [1.165, 1.54) is 13.2 Å². The number of nitrogens with one attached hydrogen (secondary N) is 1. The summed E-state index contributed by atoms with van der Waals surface area (Å²) in [5.74, 6) is -0.903. The molecule has 24 heavy (non-hydrogen) atoms. The third-order valence-electron chi connectivity index (χ3n) is 4.18. The van der Waals surface area contributed by atoms with Crippen LogP contribution in [0.3, 0.4) is 0 Å². The van der Waals surface area contributed by atoms with Crippen LogP contribution in [0.1, 0.15) is 23.5 Å². The van der Waals surface area contributed by atoms with Gasteiger partial charge >= 0.3 is 0 Å². The lowest BCUT2D eigenvalue weighted by atomic mass is 9.83. The summed E-state index contributed by atoms with van der Waals surface area (Å²) in [5.41, 5.74) is 3.69. The van der Waals surface area contributed by atoms with Crippen LogP contribution in [0.25, 0.3) is 11.0 Å². The van der Waals surface area contributed by atoms with Gasteiger partial charge in [0.05, 0.1) is 18.8 Å². The van der Waals surface area contributed by atoms with E-state index in [4.69, 9.17) is 4.74 Å². The molecule has 8 heteroatoms. The van der Waals surface area contributed by atoms with Gasteiger partial charge in [0.25, 0.3) is 0 Å². The Kier molecular flexibility index (Phi) is 3.27. The molecule has 0 radical (unpaired) electrons. The topological polar surface area (TPSA) is 105 Å². The van der Waals surface area contributed by atoms with Crippen molar-refractivity contribution in [3.8, 4) is 17.2 Å². The molecule has 1 amide bonds. The molecule has 1 unspecified atom stereocenters. The average Bonchev–Trinajstić information content (AvgIpc) is 3.05. The SMILES string of the molecule is COc1cc(C2CC(=O)Nc3ccc4nsnc4c32)cc(O)c1O. The van der Waals surface area contributed by atoms with E-state index < -0.39 is 0 Å². The maximum atomic E-state index is 12.1. The van der Waals surface area contributed by atoms with Crippen molar-refractivity contribution in [3.63, 3.8) is 0 Å². The first-order chi connectivity index (χ1) is 11.6. The van der Waals surface area contributed by atoms with Crippen LogP contribution in [0.15, 0.2) is 24.3 Å². The molecule has 0 aliphatic carbocycles. The number of carbonyl (C=O) groups excluding carboxylic acids is 1. The molecule has 0 saturated heterocycles. The number of methoxy groups -OCH3 is 1. The van der Waals surface area contributed by atoms with Gasteiger partial charge < -0.3 is 20.3 Å². The first kappa shape index (κ1) is 14.7. The standard InChI is InChI=1S/C16H13N3O4S/c1-23-12-5-7(4-11(20)16(12)22)8-6-13(21)17-9-2-3-10-15(14(8)9)19-24-18-10/h2-5,8,20,22H,6H2,1H3,(H,17,21). The number of ether oxygens (including phenoxy) is 1. The number of aromatic nitrogens is 2. The number of carbonyl (C=O) groups is 1. The van der Waals surface area contributed by atoms with Gasteiger partial charge in [-0.25, -0.2) is 0 Å². The molecule has 1 aliphatic heterocycles. The summed E-state index contributed by atoms with van der Waals surface area (Å²) < 4.78 is 13.7. The molecular weight excluding hydrogens is 330 g/mol. The van der Waals surface area contributed by atoms with Crippen molar-refractivity contribution in [1.29, 1.82) is 0 Å². The quantitative estimate of drug-likeness (QED) is 0.618. The van der Waals surface area contributed by atoms with E-state index in [0.717, 1.165) is 28.3 Å². The summed E-state index contributed by atoms with van der Waals surface area (Å²) in [6.45, 7) is 0. The summed E-state index contributed by atoms with van der Waals surface area (Å²) in [6.07, 6.45) is 0.205. The summed E-state index contributed by atoms with van der Waals surface area (Å²) in [6, 6.07) is 6.69. The minimum absolute atomic E-state index is 0.124. The maximum absolute atomic E-state index is 12.1. The predicted molar refractivity (Wildman–Crippen MR) is 88.8 cm³/mol. The zero-order valence-electron chi connectivity index (χ0n) is 12.6. The highest BCUT2D eigenvalue weighted by atomic mass is 32.1. The molecule has 1 aliphatic rings. The first-order valence-corrected chi connectivity index (χ1v) is 7.96. The second-order valence-corrected chi connectivity index (χ2v) is 6.08. The minimum atomic E-state index is -0.324. The van der Waals surface area contributed by atoms with Crippen molar-refractivity contribution in [3.05, 3.63) is 35.4 Å². The summed E-state index contributed by atoms with van der Waals surface area (Å²) in [5, 5.41) is 22.7. The Morgan fingerprint density at radius 1 is 1.29 bits per heavy atom. The van der Waals surface area contributed by atoms with E-state index in [1.54, 1.807) is 12.1 Å². The van der Waals surface area contributed by atoms with E-state index in [1.807, 2.05) is 6.07 Å². The highest BCUT2D eigenvalue weighted by Crippen LogP contribution is 2.45. The van der Waals surface area contributed by atoms with E-state index in [0.29, 0.717) is 11.3 Å². The molecule has 4 rings (SSSR count). The fourth-order valence-electron chi connectivity index (χ4n) is 3.08. The number of phenolic OH excluding ortho intramolecular Hbond substituents is 2. The van der Waals surface area contributed by atoms with Crippen molar-refractivity contribution in [1.82, 2.24) is 8.75 Å². The number of fused-ring (bicyclic) bond motifs is 3. The van der Waals surface area contributed by atoms with Crippen LogP contribution in [-0.2, 0) is 4.79 Å². The molecule has 1 atom stereocenters. The largest absolute Gasteiger partial charge is 0.504 e. The second-order valence-electron chi connectivity index (χ2n) is 5.55. The van der Waals surface area contributed by atoms with Crippen molar-refractivity contribution in [2.75, 3.05) is 12.4 Å². The molecule has 7 nitrogen and oxygen atoms in total. The number of phenols is 2. The van der Waals surface area contributed by atoms with Gasteiger partial charge in [0, 0.05) is 23.6 Å². The normalized spacial score (nSPS) is 16.7. The van der Waals surface area contributed by atoms with Gasteiger partial charge in [0.15, 0.2) is 11.5 Å². The van der Waals surface area contributed by atoms with E-state index in [-0.39, 0.29) is 35.5 Å². The third-order valence-corrected chi connectivity index (χ3v) is 4.72. The fraction of sp³-hybridized carbons (Fsp3) is 0.188. The minimum Gasteiger partial charge on any atom is -0.504 e. The number of nitrogens with zero attached hydrogens (tertiary/aromatic N) is 2. The van der Waals surface area contributed by atoms with Gasteiger partial charge in [-0.2, -0.15) is 8.75 Å². The maximum Gasteiger partial charge on any atom is 0.225 e. The molecule has 0 bridgehead atoms. The summed E-state index contributed by atoms with van der Waals surface area (Å²) in [4.78, 5) is 12.1. The molecule has 2 heterocycles. The first-order valence-electron chi connectivity index (χ1n) is 7.23. The Hall–Kier alpha value is -2.87. The van der Waals surface area contributed by atoms with E-state index >= 15 is 0 Å². The summed E-state index contributed by atoms with van der Waals surface area (Å²) >= 11 is 1.11.